The Morgan fingerprint density at radius 3 is 2.71 bits per heavy atom. The molecule has 6 nitrogen and oxygen atoms in total. The molecule has 1 saturated heterocycles. The van der Waals surface area contributed by atoms with E-state index in [2.05, 4.69) is 5.32 Å². The van der Waals surface area contributed by atoms with Gasteiger partial charge in [0.05, 0.1) is 18.6 Å². The topological polar surface area (TPSA) is 78.9 Å². The predicted molar refractivity (Wildman–Crippen MR) is 77.0 cm³/mol. The van der Waals surface area contributed by atoms with E-state index in [1.165, 1.54) is 0 Å². The molecule has 0 aromatic heterocycles. The number of benzene rings is 1. The smallest absolute Gasteiger partial charge is 0.317 e. The van der Waals surface area contributed by atoms with Gasteiger partial charge in [-0.1, -0.05) is 30.3 Å². The van der Waals surface area contributed by atoms with E-state index in [1.54, 1.807) is 12.0 Å². The molecule has 0 spiro atoms. The Morgan fingerprint density at radius 2 is 2.14 bits per heavy atom. The number of hydrogen-bond donors (Lipinski definition) is 2. The molecule has 1 aliphatic heterocycles. The van der Waals surface area contributed by atoms with E-state index in [9.17, 15) is 9.59 Å². The van der Waals surface area contributed by atoms with Crippen LogP contribution in [0.25, 0.3) is 0 Å². The Bertz CT molecular complexity index is 492. The van der Waals surface area contributed by atoms with E-state index in [4.69, 9.17) is 9.84 Å². The maximum Gasteiger partial charge on any atom is 0.317 e. The van der Waals surface area contributed by atoms with E-state index in [0.29, 0.717) is 13.1 Å². The van der Waals surface area contributed by atoms with Crippen LogP contribution in [0.4, 0.5) is 4.79 Å². The van der Waals surface area contributed by atoms with E-state index < -0.39 is 12.0 Å². The fourth-order valence-corrected chi connectivity index (χ4v) is 2.46. The summed E-state index contributed by atoms with van der Waals surface area (Å²) in [6.07, 6.45) is 0.723. The molecule has 2 atom stereocenters. The number of likely N-dealkylation sites (tertiary alicyclic amines) is 1. The van der Waals surface area contributed by atoms with Gasteiger partial charge in [-0.05, 0) is 12.0 Å². The van der Waals surface area contributed by atoms with Crippen LogP contribution >= 0.6 is 0 Å². The molecule has 21 heavy (non-hydrogen) atoms. The molecule has 2 unspecified atom stereocenters. The summed E-state index contributed by atoms with van der Waals surface area (Å²) in [5.41, 5.74) is 0.788. The first-order valence-electron chi connectivity index (χ1n) is 6.95. The van der Waals surface area contributed by atoms with Gasteiger partial charge < -0.3 is 20.1 Å². The number of carboxylic acids is 1. The molecule has 6 heteroatoms. The first-order chi connectivity index (χ1) is 10.1. The van der Waals surface area contributed by atoms with E-state index in [1.807, 2.05) is 30.3 Å². The highest BCUT2D eigenvalue weighted by molar-refractivity contribution is 5.76. The van der Waals surface area contributed by atoms with Crippen molar-refractivity contribution < 1.29 is 19.4 Å². The number of urea groups is 1. The lowest BCUT2D eigenvalue weighted by Gasteiger charge is -2.22. The second-order valence-corrected chi connectivity index (χ2v) is 5.10. The van der Waals surface area contributed by atoms with Crippen molar-refractivity contribution in [3.63, 3.8) is 0 Å². The standard InChI is InChI=1S/C15H20N2O4/c1-21-12-7-8-17(10-12)15(20)16-13(9-14(18)19)11-5-3-2-4-6-11/h2-6,12-13H,7-10H2,1H3,(H,16,20)(H,18,19). The monoisotopic (exact) mass is 292 g/mol. The van der Waals surface area contributed by atoms with Gasteiger partial charge in [-0.3, -0.25) is 4.79 Å². The molecule has 1 aromatic rings. The maximum atomic E-state index is 12.2. The number of rotatable bonds is 5. The van der Waals surface area contributed by atoms with Crippen LogP contribution in [0.1, 0.15) is 24.4 Å². The van der Waals surface area contributed by atoms with Crippen LogP contribution < -0.4 is 5.32 Å². The fourth-order valence-electron chi connectivity index (χ4n) is 2.46. The number of carboxylic acid groups (broad SMARTS) is 1. The second-order valence-electron chi connectivity index (χ2n) is 5.10. The Labute approximate surface area is 123 Å². The molecule has 2 rings (SSSR count). The summed E-state index contributed by atoms with van der Waals surface area (Å²) in [6.45, 7) is 1.16. The summed E-state index contributed by atoms with van der Waals surface area (Å²) < 4.78 is 5.23. The molecule has 114 valence electrons. The first-order valence-corrected chi connectivity index (χ1v) is 6.95. The van der Waals surface area contributed by atoms with Crippen molar-refractivity contribution in [2.24, 2.45) is 0 Å². The molecule has 0 aliphatic carbocycles. The number of carbonyl (C=O) groups excluding carboxylic acids is 1. The van der Waals surface area contributed by atoms with Gasteiger partial charge in [-0.15, -0.1) is 0 Å². The summed E-state index contributed by atoms with van der Waals surface area (Å²) in [4.78, 5) is 24.9. The average molecular weight is 292 g/mol. The van der Waals surface area contributed by atoms with Gasteiger partial charge in [0.1, 0.15) is 0 Å². The van der Waals surface area contributed by atoms with Gasteiger partial charge in [0, 0.05) is 20.2 Å². The number of amides is 2. The summed E-state index contributed by atoms with van der Waals surface area (Å²) >= 11 is 0. The van der Waals surface area contributed by atoms with Gasteiger partial charge in [-0.2, -0.15) is 0 Å². The third-order valence-electron chi connectivity index (χ3n) is 3.64. The van der Waals surface area contributed by atoms with Crippen LogP contribution in [0.15, 0.2) is 30.3 Å². The SMILES string of the molecule is COC1CCN(C(=O)NC(CC(=O)O)c2ccccc2)C1. The quantitative estimate of drug-likeness (QED) is 0.864. The van der Waals surface area contributed by atoms with E-state index >= 15 is 0 Å². The molecule has 2 N–H and O–H groups in total. The van der Waals surface area contributed by atoms with Crippen molar-refractivity contribution in [2.75, 3.05) is 20.2 Å². The van der Waals surface area contributed by atoms with Crippen molar-refractivity contribution in [2.45, 2.75) is 25.0 Å². The second kappa shape index (κ2) is 7.08. The average Bonchev–Trinajstić information content (AvgIpc) is 2.96. The number of hydrogen-bond acceptors (Lipinski definition) is 3. The number of ether oxygens (including phenoxy) is 1. The van der Waals surface area contributed by atoms with Crippen LogP contribution in [0.5, 0.6) is 0 Å². The van der Waals surface area contributed by atoms with Gasteiger partial charge in [0.25, 0.3) is 0 Å². The zero-order valence-electron chi connectivity index (χ0n) is 12.0. The molecule has 1 fully saturated rings. The molecular formula is C15H20N2O4. The minimum Gasteiger partial charge on any atom is -0.481 e. The van der Waals surface area contributed by atoms with Crippen LogP contribution in [0.2, 0.25) is 0 Å². The van der Waals surface area contributed by atoms with Crippen molar-refractivity contribution in [1.29, 1.82) is 0 Å². The Morgan fingerprint density at radius 1 is 1.43 bits per heavy atom. The van der Waals surface area contributed by atoms with Crippen LogP contribution in [-0.4, -0.2) is 48.3 Å². The molecule has 0 saturated carbocycles. The number of methoxy groups -OCH3 is 1. The summed E-state index contributed by atoms with van der Waals surface area (Å²) in [5, 5.41) is 11.8. The van der Waals surface area contributed by atoms with E-state index in [0.717, 1.165) is 12.0 Å². The third-order valence-corrected chi connectivity index (χ3v) is 3.64. The largest absolute Gasteiger partial charge is 0.481 e. The molecule has 1 heterocycles. The minimum atomic E-state index is -0.944. The lowest BCUT2D eigenvalue weighted by atomic mass is 10.0. The number of aliphatic carboxylic acids is 1. The van der Waals surface area contributed by atoms with Crippen molar-refractivity contribution >= 4 is 12.0 Å². The molecular weight excluding hydrogens is 272 g/mol. The molecule has 0 radical (unpaired) electrons. The van der Waals surface area contributed by atoms with Crippen LogP contribution in [0.3, 0.4) is 0 Å². The number of nitrogens with one attached hydrogen (secondary N) is 1. The number of carbonyl (C=O) groups is 2. The summed E-state index contributed by atoms with van der Waals surface area (Å²) in [7, 11) is 1.63. The highest BCUT2D eigenvalue weighted by Gasteiger charge is 2.28. The van der Waals surface area contributed by atoms with Gasteiger partial charge in [0.2, 0.25) is 0 Å². The van der Waals surface area contributed by atoms with E-state index in [-0.39, 0.29) is 18.6 Å². The van der Waals surface area contributed by atoms with Crippen molar-refractivity contribution in [1.82, 2.24) is 10.2 Å². The lowest BCUT2D eigenvalue weighted by Crippen LogP contribution is -2.41. The normalized spacial score (nSPS) is 19.3. The minimum absolute atomic E-state index is 0.0606. The predicted octanol–water partition coefficient (Wildman–Crippen LogP) is 1.63. The van der Waals surface area contributed by atoms with Crippen molar-refractivity contribution in [3.05, 3.63) is 35.9 Å². The lowest BCUT2D eigenvalue weighted by molar-refractivity contribution is -0.137. The van der Waals surface area contributed by atoms with Gasteiger partial charge in [-0.25, -0.2) is 4.79 Å². The van der Waals surface area contributed by atoms with Gasteiger partial charge in [0.15, 0.2) is 0 Å². The Kier molecular flexibility index (Phi) is 5.16. The summed E-state index contributed by atoms with van der Waals surface area (Å²) in [6, 6.07) is 8.36. The third kappa shape index (κ3) is 4.19. The molecule has 1 aromatic carbocycles. The first kappa shape index (κ1) is 15.3. The van der Waals surface area contributed by atoms with Crippen molar-refractivity contribution in [3.8, 4) is 0 Å². The van der Waals surface area contributed by atoms with Crippen LogP contribution in [0, 0.1) is 0 Å². The number of nitrogens with zero attached hydrogens (tertiary/aromatic N) is 1. The van der Waals surface area contributed by atoms with Crippen LogP contribution in [-0.2, 0) is 9.53 Å². The molecule has 0 bridgehead atoms. The summed E-state index contributed by atoms with van der Waals surface area (Å²) in [5.74, 6) is -0.944. The zero-order chi connectivity index (χ0) is 15.2. The highest BCUT2D eigenvalue weighted by Crippen LogP contribution is 2.18. The molecule has 2 amide bonds. The Balaban J connectivity index is 2.02. The Hall–Kier alpha value is -2.08. The molecule has 1 aliphatic rings. The maximum absolute atomic E-state index is 12.2. The highest BCUT2D eigenvalue weighted by atomic mass is 16.5. The fraction of sp³-hybridized carbons (Fsp3) is 0.467. The van der Waals surface area contributed by atoms with Gasteiger partial charge >= 0.3 is 12.0 Å². The zero-order valence-corrected chi connectivity index (χ0v) is 12.0.